The monoisotopic (exact) mass is 538 g/mol. The molecule has 3 aromatic carbocycles. The summed E-state index contributed by atoms with van der Waals surface area (Å²) in [6, 6.07) is 19.1. The molecular formula is C31H36Cl2O2Si. The molecule has 0 saturated heterocycles. The van der Waals surface area contributed by atoms with Crippen LogP contribution in [0.15, 0.2) is 61.2 Å². The second-order valence-corrected chi connectivity index (χ2v) is 16.4. The number of benzene rings is 3. The highest BCUT2D eigenvalue weighted by molar-refractivity contribution is 6.94. The van der Waals surface area contributed by atoms with Crippen LogP contribution in [0, 0.1) is 0 Å². The van der Waals surface area contributed by atoms with Crippen molar-refractivity contribution >= 4 is 36.5 Å². The van der Waals surface area contributed by atoms with Gasteiger partial charge in [-0.3, -0.25) is 0 Å². The summed E-state index contributed by atoms with van der Waals surface area (Å²) in [5.74, 6) is 1.85. The van der Waals surface area contributed by atoms with Gasteiger partial charge in [0.15, 0.2) is 0 Å². The molecule has 0 heterocycles. The minimum atomic E-state index is -2.34. The summed E-state index contributed by atoms with van der Waals surface area (Å²) in [4.78, 5) is 0. The number of hydrogen-bond donors (Lipinski definition) is 0. The highest BCUT2D eigenvalue weighted by Crippen LogP contribution is 2.53. The zero-order chi connectivity index (χ0) is 26.3. The molecule has 4 rings (SSSR count). The van der Waals surface area contributed by atoms with Crippen LogP contribution in [0.25, 0.3) is 11.1 Å². The highest BCUT2D eigenvalue weighted by atomic mass is 35.5. The van der Waals surface area contributed by atoms with Gasteiger partial charge < -0.3 is 9.47 Å². The van der Waals surface area contributed by atoms with E-state index in [4.69, 9.17) is 32.7 Å². The van der Waals surface area contributed by atoms with Crippen molar-refractivity contribution in [2.24, 2.45) is 0 Å². The van der Waals surface area contributed by atoms with Crippen molar-refractivity contribution in [1.29, 1.82) is 0 Å². The quantitative estimate of drug-likeness (QED) is 0.210. The van der Waals surface area contributed by atoms with Gasteiger partial charge in [0.1, 0.15) is 26.2 Å². The Balaban J connectivity index is 2.11. The summed E-state index contributed by atoms with van der Waals surface area (Å²) >= 11 is 13.2. The minimum absolute atomic E-state index is 0.125. The fraction of sp³-hybridized carbons (Fsp3) is 0.355. The summed E-state index contributed by atoms with van der Waals surface area (Å²) in [6.45, 7) is 15.7. The number of methoxy groups -OCH3 is 1. The lowest BCUT2D eigenvalue weighted by Crippen LogP contribution is -2.53. The second kappa shape index (κ2) is 10.3. The SMILES string of the molecule is C=CCOc1c(C(C)(C)C)cc(OC)cc1[Si](CC)(CC)C1c2cc(Cl)ccc2-c2ccc(Cl)cc21. The first-order valence-electron chi connectivity index (χ1n) is 12.7. The van der Waals surface area contributed by atoms with Gasteiger partial charge in [0.05, 0.1) is 7.11 Å². The van der Waals surface area contributed by atoms with E-state index in [9.17, 15) is 0 Å². The Labute approximate surface area is 227 Å². The molecule has 0 radical (unpaired) electrons. The molecule has 0 aromatic heterocycles. The molecule has 2 nitrogen and oxygen atoms in total. The van der Waals surface area contributed by atoms with Gasteiger partial charge in [0, 0.05) is 21.1 Å². The fourth-order valence-corrected chi connectivity index (χ4v) is 11.4. The predicted molar refractivity (Wildman–Crippen MR) is 157 cm³/mol. The van der Waals surface area contributed by atoms with E-state index in [-0.39, 0.29) is 11.0 Å². The average molecular weight is 540 g/mol. The highest BCUT2D eigenvalue weighted by Gasteiger charge is 2.48. The molecule has 36 heavy (non-hydrogen) atoms. The van der Waals surface area contributed by atoms with Gasteiger partial charge in [-0.1, -0.05) is 94.7 Å². The largest absolute Gasteiger partial charge is 0.497 e. The molecule has 1 aliphatic rings. The van der Waals surface area contributed by atoms with E-state index >= 15 is 0 Å². The Kier molecular flexibility index (Phi) is 7.67. The van der Waals surface area contributed by atoms with Gasteiger partial charge in [-0.15, -0.1) is 0 Å². The van der Waals surface area contributed by atoms with Crippen LogP contribution in [-0.4, -0.2) is 21.8 Å². The first kappa shape index (κ1) is 26.8. The Morgan fingerprint density at radius 1 is 0.917 bits per heavy atom. The van der Waals surface area contributed by atoms with Crippen LogP contribution < -0.4 is 14.7 Å². The smallest absolute Gasteiger partial charge is 0.123 e. The molecule has 0 amide bonds. The number of hydrogen-bond acceptors (Lipinski definition) is 2. The fourth-order valence-electron chi connectivity index (χ4n) is 5.94. The van der Waals surface area contributed by atoms with E-state index in [1.807, 2.05) is 18.2 Å². The topological polar surface area (TPSA) is 18.5 Å². The van der Waals surface area contributed by atoms with E-state index in [0.717, 1.165) is 39.2 Å². The van der Waals surface area contributed by atoms with Crippen molar-refractivity contribution < 1.29 is 9.47 Å². The van der Waals surface area contributed by atoms with Crippen molar-refractivity contribution in [3.05, 3.63) is 87.9 Å². The molecule has 0 bridgehead atoms. The van der Waals surface area contributed by atoms with Crippen LogP contribution in [0.4, 0.5) is 0 Å². The van der Waals surface area contributed by atoms with E-state index in [1.54, 1.807) is 7.11 Å². The molecule has 190 valence electrons. The molecule has 0 fully saturated rings. The van der Waals surface area contributed by atoms with Gasteiger partial charge in [0.25, 0.3) is 0 Å². The summed E-state index contributed by atoms with van der Waals surface area (Å²) in [5.41, 5.74) is 6.33. The molecule has 0 unspecified atom stereocenters. The van der Waals surface area contributed by atoms with Crippen molar-refractivity contribution in [2.75, 3.05) is 13.7 Å². The van der Waals surface area contributed by atoms with Crippen LogP contribution in [-0.2, 0) is 5.41 Å². The number of halogens is 2. The van der Waals surface area contributed by atoms with Crippen molar-refractivity contribution in [2.45, 2.75) is 57.7 Å². The second-order valence-electron chi connectivity index (χ2n) is 10.7. The van der Waals surface area contributed by atoms with Gasteiger partial charge in [-0.05, 0) is 69.3 Å². The van der Waals surface area contributed by atoms with Gasteiger partial charge >= 0.3 is 0 Å². The Morgan fingerprint density at radius 3 is 1.92 bits per heavy atom. The average Bonchev–Trinajstić information content (AvgIpc) is 3.16. The first-order chi connectivity index (χ1) is 17.1. The molecule has 0 spiro atoms. The summed E-state index contributed by atoms with van der Waals surface area (Å²) < 4.78 is 12.4. The van der Waals surface area contributed by atoms with E-state index < -0.39 is 8.07 Å². The zero-order valence-electron chi connectivity index (χ0n) is 22.2. The van der Waals surface area contributed by atoms with Crippen LogP contribution in [0.5, 0.6) is 11.5 Å². The lowest BCUT2D eigenvalue weighted by Gasteiger charge is -2.40. The maximum absolute atomic E-state index is 6.61. The number of ether oxygens (including phenoxy) is 2. The maximum Gasteiger partial charge on any atom is 0.123 e. The molecular weight excluding hydrogens is 503 g/mol. The lowest BCUT2D eigenvalue weighted by atomic mass is 9.86. The standard InChI is InChI=1S/C31H36Cl2O2Si/c1-8-15-35-29-27(31(4,5)6)18-22(34-7)19-28(29)36(9-2,10-3)30-25-16-20(32)11-13-23(25)24-14-12-21(33)17-26(24)30/h8,11-14,16-19,30H,1,9-10,15H2,2-7H3. The zero-order valence-corrected chi connectivity index (χ0v) is 24.7. The summed E-state index contributed by atoms with van der Waals surface area (Å²) in [5, 5.41) is 2.82. The molecule has 0 saturated carbocycles. The number of rotatable bonds is 8. The predicted octanol–water partition coefficient (Wildman–Crippen LogP) is 8.91. The molecule has 0 atom stereocenters. The Hall–Kier alpha value is -2.20. The first-order valence-corrected chi connectivity index (χ1v) is 15.9. The molecule has 1 aliphatic carbocycles. The van der Waals surface area contributed by atoms with E-state index in [1.165, 1.54) is 27.4 Å². The summed E-state index contributed by atoms with van der Waals surface area (Å²) in [6.07, 6.45) is 1.82. The maximum atomic E-state index is 6.61. The van der Waals surface area contributed by atoms with Gasteiger partial charge in [-0.2, -0.15) is 0 Å². The third-order valence-electron chi connectivity index (χ3n) is 7.74. The third kappa shape index (κ3) is 4.51. The van der Waals surface area contributed by atoms with E-state index in [2.05, 4.69) is 77.6 Å². The molecule has 0 aliphatic heterocycles. The van der Waals surface area contributed by atoms with Crippen LogP contribution >= 0.6 is 23.2 Å². The minimum Gasteiger partial charge on any atom is -0.497 e. The Bertz CT molecular complexity index is 1240. The van der Waals surface area contributed by atoms with Crippen LogP contribution in [0.2, 0.25) is 22.1 Å². The van der Waals surface area contributed by atoms with Crippen molar-refractivity contribution in [3.63, 3.8) is 0 Å². The van der Waals surface area contributed by atoms with Crippen LogP contribution in [0.3, 0.4) is 0 Å². The lowest BCUT2D eigenvalue weighted by molar-refractivity contribution is 0.351. The Morgan fingerprint density at radius 2 is 1.47 bits per heavy atom. The summed E-state index contributed by atoms with van der Waals surface area (Å²) in [7, 11) is -0.597. The van der Waals surface area contributed by atoms with Crippen molar-refractivity contribution in [3.8, 4) is 22.6 Å². The van der Waals surface area contributed by atoms with Crippen molar-refractivity contribution in [1.82, 2.24) is 0 Å². The molecule has 3 aromatic rings. The normalized spacial score (nSPS) is 13.3. The van der Waals surface area contributed by atoms with Crippen LogP contribution in [0.1, 0.15) is 56.9 Å². The van der Waals surface area contributed by atoms with Gasteiger partial charge in [-0.25, -0.2) is 0 Å². The molecule has 5 heteroatoms. The van der Waals surface area contributed by atoms with E-state index in [0.29, 0.717) is 6.61 Å². The third-order valence-corrected chi connectivity index (χ3v) is 13.9. The van der Waals surface area contributed by atoms with Gasteiger partial charge in [0.2, 0.25) is 0 Å². The molecule has 0 N–H and O–H groups in total. The number of fused-ring (bicyclic) bond motifs is 3.